The molecule has 6 nitrogen and oxygen atoms in total. The number of aryl methyl sites for hydroxylation is 1. The van der Waals surface area contributed by atoms with Crippen LogP contribution >= 0.6 is 0 Å². The van der Waals surface area contributed by atoms with E-state index < -0.39 is 0 Å². The lowest BCUT2D eigenvalue weighted by molar-refractivity contribution is -0.385. The van der Waals surface area contributed by atoms with Crippen molar-refractivity contribution in [1.29, 1.82) is 0 Å². The minimum atomic E-state index is -0.331. The second kappa shape index (κ2) is 6.55. The summed E-state index contributed by atoms with van der Waals surface area (Å²) in [7, 11) is 1.51. The van der Waals surface area contributed by atoms with Gasteiger partial charge in [-0.25, -0.2) is 0 Å². The van der Waals surface area contributed by atoms with E-state index in [2.05, 4.69) is 0 Å². The summed E-state index contributed by atoms with van der Waals surface area (Å²) in [6.45, 7) is 3.27. The van der Waals surface area contributed by atoms with E-state index in [9.17, 15) is 14.9 Å². The molecule has 3 rings (SSSR count). The maximum absolute atomic E-state index is 11.8. The van der Waals surface area contributed by atoms with Gasteiger partial charge in [0.25, 0.3) is 5.69 Å². The van der Waals surface area contributed by atoms with Crippen molar-refractivity contribution in [3.63, 3.8) is 0 Å². The molecule has 0 bridgehead atoms. The molecule has 1 aliphatic rings. The van der Waals surface area contributed by atoms with Gasteiger partial charge in [-0.05, 0) is 56.9 Å². The third kappa shape index (κ3) is 3.07. The predicted octanol–water partition coefficient (Wildman–Crippen LogP) is 4.40. The van der Waals surface area contributed by atoms with E-state index in [1.807, 2.05) is 0 Å². The molecule has 0 unspecified atom stereocenters. The van der Waals surface area contributed by atoms with E-state index in [4.69, 9.17) is 9.47 Å². The highest BCUT2D eigenvalue weighted by Gasteiger charge is 2.27. The first-order valence-corrected chi connectivity index (χ1v) is 8.09. The molecule has 0 amide bonds. The van der Waals surface area contributed by atoms with Gasteiger partial charge in [-0.1, -0.05) is 0 Å². The monoisotopic (exact) mass is 341 g/mol. The van der Waals surface area contributed by atoms with Crippen LogP contribution in [0.15, 0.2) is 24.3 Å². The topological polar surface area (TPSA) is 78.7 Å². The Balaban J connectivity index is 2.05. The molecule has 0 atom stereocenters. The predicted molar refractivity (Wildman–Crippen MR) is 92.9 cm³/mol. The summed E-state index contributed by atoms with van der Waals surface area (Å²) in [5.41, 5.74) is 2.97. The normalized spacial score (nSPS) is 12.6. The number of nitro groups is 1. The number of methoxy groups -OCH3 is 1. The number of hydrogen-bond donors (Lipinski definition) is 0. The number of nitro benzene ring substituents is 1. The second-order valence-corrected chi connectivity index (χ2v) is 6.13. The summed E-state index contributed by atoms with van der Waals surface area (Å²) < 4.78 is 11.2. The molecule has 6 heteroatoms. The SMILES string of the molecule is COc1ccc(Oc2c(C)cc([N+](=O)[O-])c3c2CCC3)cc1C(C)=O. The smallest absolute Gasteiger partial charge is 0.273 e. The second-order valence-electron chi connectivity index (χ2n) is 6.13. The van der Waals surface area contributed by atoms with Gasteiger partial charge < -0.3 is 9.47 Å². The van der Waals surface area contributed by atoms with Crippen molar-refractivity contribution < 1.29 is 19.2 Å². The minimum Gasteiger partial charge on any atom is -0.496 e. The molecule has 2 aromatic carbocycles. The Kier molecular flexibility index (Phi) is 4.44. The molecule has 0 saturated carbocycles. The highest BCUT2D eigenvalue weighted by Crippen LogP contribution is 2.41. The highest BCUT2D eigenvalue weighted by atomic mass is 16.6. The van der Waals surface area contributed by atoms with E-state index in [1.165, 1.54) is 14.0 Å². The van der Waals surface area contributed by atoms with Gasteiger partial charge in [-0.3, -0.25) is 14.9 Å². The van der Waals surface area contributed by atoms with Crippen LogP contribution < -0.4 is 9.47 Å². The maximum Gasteiger partial charge on any atom is 0.273 e. The number of benzene rings is 2. The number of ether oxygens (including phenoxy) is 2. The van der Waals surface area contributed by atoms with E-state index in [-0.39, 0.29) is 16.4 Å². The van der Waals surface area contributed by atoms with Crippen LogP contribution in [0.1, 0.15) is 40.4 Å². The molecule has 0 aliphatic heterocycles. The number of fused-ring (bicyclic) bond motifs is 1. The number of nitrogens with zero attached hydrogens (tertiary/aromatic N) is 1. The lowest BCUT2D eigenvalue weighted by Crippen LogP contribution is -2.01. The summed E-state index contributed by atoms with van der Waals surface area (Å²) in [4.78, 5) is 22.7. The summed E-state index contributed by atoms with van der Waals surface area (Å²) in [5.74, 6) is 1.54. The zero-order valence-corrected chi connectivity index (χ0v) is 14.4. The molecule has 0 radical (unpaired) electrons. The first-order valence-electron chi connectivity index (χ1n) is 8.09. The van der Waals surface area contributed by atoms with E-state index >= 15 is 0 Å². The van der Waals surface area contributed by atoms with E-state index in [0.717, 1.165) is 24.0 Å². The average molecular weight is 341 g/mol. The van der Waals surface area contributed by atoms with E-state index in [0.29, 0.717) is 34.8 Å². The fraction of sp³-hybridized carbons (Fsp3) is 0.316. The van der Waals surface area contributed by atoms with Crippen molar-refractivity contribution in [1.82, 2.24) is 0 Å². The number of Topliss-reactive ketones (excluding diaryl/α,β-unsaturated/α-hetero) is 1. The largest absolute Gasteiger partial charge is 0.496 e. The van der Waals surface area contributed by atoms with Gasteiger partial charge in [0.1, 0.15) is 17.2 Å². The number of carbonyl (C=O) groups excluding carboxylic acids is 1. The molecule has 0 heterocycles. The van der Waals surface area contributed by atoms with Crippen LogP contribution in [0.25, 0.3) is 0 Å². The van der Waals surface area contributed by atoms with E-state index in [1.54, 1.807) is 31.2 Å². The lowest BCUT2D eigenvalue weighted by atomic mass is 10.0. The Morgan fingerprint density at radius 2 is 1.92 bits per heavy atom. The molecule has 0 aromatic heterocycles. The van der Waals surface area contributed by atoms with Crippen molar-refractivity contribution in [2.45, 2.75) is 33.1 Å². The highest BCUT2D eigenvalue weighted by molar-refractivity contribution is 5.97. The number of hydrogen-bond acceptors (Lipinski definition) is 5. The molecule has 0 saturated heterocycles. The molecule has 0 spiro atoms. The van der Waals surface area contributed by atoms with Crippen LogP contribution in [0.5, 0.6) is 17.2 Å². The van der Waals surface area contributed by atoms with Gasteiger partial charge in [0.2, 0.25) is 0 Å². The molecule has 1 aliphatic carbocycles. The Hall–Kier alpha value is -2.89. The van der Waals surface area contributed by atoms with Crippen LogP contribution in [0.2, 0.25) is 0 Å². The van der Waals surface area contributed by atoms with Crippen molar-refractivity contribution >= 4 is 11.5 Å². The molecule has 0 fully saturated rings. The lowest BCUT2D eigenvalue weighted by Gasteiger charge is -2.15. The Morgan fingerprint density at radius 1 is 1.20 bits per heavy atom. The van der Waals surface area contributed by atoms with Gasteiger partial charge in [0, 0.05) is 17.2 Å². The van der Waals surface area contributed by atoms with Crippen molar-refractivity contribution in [3.05, 3.63) is 56.6 Å². The summed E-state index contributed by atoms with van der Waals surface area (Å²) in [5, 5.41) is 11.3. The van der Waals surface area contributed by atoms with Gasteiger partial charge >= 0.3 is 0 Å². The summed E-state index contributed by atoms with van der Waals surface area (Å²) in [6.07, 6.45) is 2.31. The van der Waals surface area contributed by atoms with Crippen LogP contribution in [0.3, 0.4) is 0 Å². The Morgan fingerprint density at radius 3 is 2.56 bits per heavy atom. The molecular formula is C19H19NO5. The average Bonchev–Trinajstić information content (AvgIpc) is 3.06. The molecule has 130 valence electrons. The molecule has 2 aromatic rings. The van der Waals surface area contributed by atoms with Crippen molar-refractivity contribution in [2.75, 3.05) is 7.11 Å². The number of rotatable bonds is 5. The number of carbonyl (C=O) groups is 1. The standard InChI is InChI=1S/C19H19NO5/c1-11-9-17(20(22)23)14-5-4-6-15(14)19(11)25-13-7-8-18(24-3)16(10-13)12(2)21/h7-10H,4-6H2,1-3H3. The van der Waals surface area contributed by atoms with Crippen LogP contribution in [0, 0.1) is 17.0 Å². The zero-order valence-electron chi connectivity index (χ0n) is 14.4. The summed E-state index contributed by atoms with van der Waals surface area (Å²) in [6, 6.07) is 6.62. The van der Waals surface area contributed by atoms with Crippen molar-refractivity contribution in [3.8, 4) is 17.2 Å². The van der Waals surface area contributed by atoms with Gasteiger partial charge in [0.15, 0.2) is 5.78 Å². The van der Waals surface area contributed by atoms with Crippen LogP contribution in [-0.2, 0) is 12.8 Å². The summed E-state index contributed by atoms with van der Waals surface area (Å²) >= 11 is 0. The molecule has 0 N–H and O–H groups in total. The fourth-order valence-electron chi connectivity index (χ4n) is 3.32. The van der Waals surface area contributed by atoms with Crippen LogP contribution in [0.4, 0.5) is 5.69 Å². The van der Waals surface area contributed by atoms with Gasteiger partial charge in [-0.15, -0.1) is 0 Å². The van der Waals surface area contributed by atoms with Crippen molar-refractivity contribution in [2.24, 2.45) is 0 Å². The molecule has 25 heavy (non-hydrogen) atoms. The first-order chi connectivity index (χ1) is 11.9. The zero-order chi connectivity index (χ0) is 18.1. The minimum absolute atomic E-state index is 0.118. The molecular weight excluding hydrogens is 322 g/mol. The fourth-order valence-corrected chi connectivity index (χ4v) is 3.32. The maximum atomic E-state index is 11.8. The Bertz CT molecular complexity index is 873. The first kappa shape index (κ1) is 17.0. The third-order valence-electron chi connectivity index (χ3n) is 4.48. The quantitative estimate of drug-likeness (QED) is 0.458. The van der Waals surface area contributed by atoms with Gasteiger partial charge in [-0.2, -0.15) is 0 Å². The van der Waals surface area contributed by atoms with Gasteiger partial charge in [0.05, 0.1) is 17.6 Å². The third-order valence-corrected chi connectivity index (χ3v) is 4.48. The Labute approximate surface area is 145 Å². The van der Waals surface area contributed by atoms with Crippen LogP contribution in [-0.4, -0.2) is 17.8 Å². The number of ketones is 1.